The maximum atomic E-state index is 6.14. The number of nitrogens with zero attached hydrogens (tertiary/aromatic N) is 1. The van der Waals surface area contributed by atoms with Gasteiger partial charge in [0.05, 0.1) is 5.52 Å². The normalized spacial score (nSPS) is 10.7. The highest BCUT2D eigenvalue weighted by molar-refractivity contribution is 6.31. The fourth-order valence-corrected chi connectivity index (χ4v) is 2.30. The van der Waals surface area contributed by atoms with E-state index in [0.29, 0.717) is 17.3 Å². The number of aromatic nitrogens is 1. The van der Waals surface area contributed by atoms with Crippen LogP contribution in [-0.2, 0) is 6.54 Å². The summed E-state index contributed by atoms with van der Waals surface area (Å²) in [6.07, 6.45) is 1.76. The number of fused-ring (bicyclic) bond motifs is 1. The van der Waals surface area contributed by atoms with E-state index in [4.69, 9.17) is 22.1 Å². The van der Waals surface area contributed by atoms with Crippen molar-refractivity contribution in [3.63, 3.8) is 0 Å². The first kappa shape index (κ1) is 12.9. The third-order valence-corrected chi connectivity index (χ3v) is 3.43. The molecule has 0 atom stereocenters. The van der Waals surface area contributed by atoms with Gasteiger partial charge in [-0.15, -0.1) is 0 Å². The summed E-state index contributed by atoms with van der Waals surface area (Å²) in [5.74, 6) is 1.44. The van der Waals surface area contributed by atoms with E-state index >= 15 is 0 Å². The number of rotatable bonds is 3. The standard InChI is InChI=1S/C16H13ClN2O/c17-14-9-12(7-6-11(14)10-18)20-16-5-1-4-15-13(16)3-2-8-19-15/h1-9H,10,18H2. The highest BCUT2D eigenvalue weighted by Crippen LogP contribution is 2.31. The van der Waals surface area contributed by atoms with Gasteiger partial charge in [-0.3, -0.25) is 4.98 Å². The summed E-state index contributed by atoms with van der Waals surface area (Å²) in [6, 6.07) is 15.2. The van der Waals surface area contributed by atoms with Crippen LogP contribution in [0.25, 0.3) is 10.9 Å². The molecule has 0 aliphatic heterocycles. The van der Waals surface area contributed by atoms with E-state index in [-0.39, 0.29) is 0 Å². The first-order valence-corrected chi connectivity index (χ1v) is 6.66. The molecule has 0 unspecified atom stereocenters. The molecule has 1 heterocycles. The maximum absolute atomic E-state index is 6.14. The molecule has 100 valence electrons. The molecule has 2 aromatic carbocycles. The summed E-state index contributed by atoms with van der Waals surface area (Å²) in [4.78, 5) is 4.31. The van der Waals surface area contributed by atoms with Crippen molar-refractivity contribution in [2.45, 2.75) is 6.54 Å². The molecule has 0 aliphatic carbocycles. The van der Waals surface area contributed by atoms with Crippen LogP contribution in [0.5, 0.6) is 11.5 Å². The Balaban J connectivity index is 1.99. The summed E-state index contributed by atoms with van der Waals surface area (Å²) >= 11 is 6.14. The van der Waals surface area contributed by atoms with Crippen molar-refractivity contribution < 1.29 is 4.74 Å². The van der Waals surface area contributed by atoms with E-state index in [1.165, 1.54) is 0 Å². The molecule has 0 radical (unpaired) electrons. The summed E-state index contributed by atoms with van der Waals surface area (Å²) < 4.78 is 5.91. The molecule has 0 amide bonds. The van der Waals surface area contributed by atoms with Crippen LogP contribution in [0.1, 0.15) is 5.56 Å². The number of hydrogen-bond acceptors (Lipinski definition) is 3. The number of nitrogens with two attached hydrogens (primary N) is 1. The number of halogens is 1. The van der Waals surface area contributed by atoms with Crippen molar-refractivity contribution in [3.05, 3.63) is 65.3 Å². The van der Waals surface area contributed by atoms with Gasteiger partial charge in [-0.2, -0.15) is 0 Å². The van der Waals surface area contributed by atoms with Crippen LogP contribution in [0, 0.1) is 0 Å². The van der Waals surface area contributed by atoms with E-state index in [0.717, 1.165) is 22.2 Å². The first-order chi connectivity index (χ1) is 9.78. The van der Waals surface area contributed by atoms with Gasteiger partial charge in [0, 0.05) is 23.2 Å². The van der Waals surface area contributed by atoms with Crippen LogP contribution in [-0.4, -0.2) is 4.98 Å². The van der Waals surface area contributed by atoms with Crippen molar-refractivity contribution in [1.82, 2.24) is 4.98 Å². The molecule has 2 N–H and O–H groups in total. The van der Waals surface area contributed by atoms with Crippen molar-refractivity contribution >= 4 is 22.5 Å². The molecule has 0 aliphatic rings. The number of hydrogen-bond donors (Lipinski definition) is 1. The Hall–Kier alpha value is -2.10. The summed E-state index contributed by atoms with van der Waals surface area (Å²) in [5.41, 5.74) is 7.39. The van der Waals surface area contributed by atoms with Gasteiger partial charge in [-0.25, -0.2) is 0 Å². The Bertz CT molecular complexity index is 753. The molecule has 3 nitrogen and oxygen atoms in total. The van der Waals surface area contributed by atoms with Crippen molar-refractivity contribution in [1.29, 1.82) is 0 Å². The van der Waals surface area contributed by atoms with Crippen LogP contribution in [0.3, 0.4) is 0 Å². The molecule has 0 spiro atoms. The number of pyridine rings is 1. The van der Waals surface area contributed by atoms with Crippen LogP contribution < -0.4 is 10.5 Å². The Morgan fingerprint density at radius 3 is 2.80 bits per heavy atom. The van der Waals surface area contributed by atoms with Gasteiger partial charge in [-0.1, -0.05) is 23.7 Å². The topological polar surface area (TPSA) is 48.1 Å². The van der Waals surface area contributed by atoms with Gasteiger partial charge >= 0.3 is 0 Å². The van der Waals surface area contributed by atoms with Gasteiger partial charge in [0.2, 0.25) is 0 Å². The lowest BCUT2D eigenvalue weighted by molar-refractivity contribution is 0.488. The Labute approximate surface area is 122 Å². The molecule has 20 heavy (non-hydrogen) atoms. The summed E-state index contributed by atoms with van der Waals surface area (Å²) in [6.45, 7) is 0.414. The average Bonchev–Trinajstić information content (AvgIpc) is 2.48. The average molecular weight is 285 g/mol. The van der Waals surface area contributed by atoms with E-state index in [9.17, 15) is 0 Å². The maximum Gasteiger partial charge on any atom is 0.136 e. The Morgan fingerprint density at radius 2 is 2.00 bits per heavy atom. The smallest absolute Gasteiger partial charge is 0.136 e. The lowest BCUT2D eigenvalue weighted by Crippen LogP contribution is -1.97. The molecule has 4 heteroatoms. The molecule has 1 aromatic heterocycles. The predicted molar refractivity (Wildman–Crippen MR) is 81.2 cm³/mol. The second kappa shape index (κ2) is 5.49. The Morgan fingerprint density at radius 1 is 1.10 bits per heavy atom. The zero-order valence-corrected chi connectivity index (χ0v) is 11.5. The minimum Gasteiger partial charge on any atom is -0.457 e. The highest BCUT2D eigenvalue weighted by atomic mass is 35.5. The minimum absolute atomic E-state index is 0.414. The van der Waals surface area contributed by atoms with Crippen molar-refractivity contribution in [3.8, 4) is 11.5 Å². The molecule has 0 saturated carbocycles. The van der Waals surface area contributed by atoms with Gasteiger partial charge in [0.25, 0.3) is 0 Å². The van der Waals surface area contributed by atoms with E-state index in [1.807, 2.05) is 42.5 Å². The number of ether oxygens (including phenoxy) is 1. The van der Waals surface area contributed by atoms with E-state index in [2.05, 4.69) is 4.98 Å². The lowest BCUT2D eigenvalue weighted by Gasteiger charge is -2.10. The predicted octanol–water partition coefficient (Wildman–Crippen LogP) is 4.14. The van der Waals surface area contributed by atoms with Crippen molar-refractivity contribution in [2.75, 3.05) is 0 Å². The van der Waals surface area contributed by atoms with Crippen LogP contribution in [0.2, 0.25) is 5.02 Å². The third kappa shape index (κ3) is 2.46. The highest BCUT2D eigenvalue weighted by Gasteiger charge is 2.06. The largest absolute Gasteiger partial charge is 0.457 e. The molecule has 0 bridgehead atoms. The van der Waals surface area contributed by atoms with Gasteiger partial charge in [-0.05, 0) is 42.0 Å². The van der Waals surface area contributed by atoms with Gasteiger partial charge in [0.1, 0.15) is 11.5 Å². The van der Waals surface area contributed by atoms with Crippen LogP contribution in [0.15, 0.2) is 54.7 Å². The fourth-order valence-electron chi connectivity index (χ4n) is 2.05. The van der Waals surface area contributed by atoms with E-state index in [1.54, 1.807) is 12.3 Å². The zero-order chi connectivity index (χ0) is 13.9. The molecular weight excluding hydrogens is 272 g/mol. The zero-order valence-electron chi connectivity index (χ0n) is 10.7. The molecule has 0 saturated heterocycles. The molecule has 3 rings (SSSR count). The minimum atomic E-state index is 0.414. The Kier molecular flexibility index (Phi) is 3.54. The van der Waals surface area contributed by atoms with E-state index < -0.39 is 0 Å². The quantitative estimate of drug-likeness (QED) is 0.786. The second-order valence-electron chi connectivity index (χ2n) is 4.39. The molecular formula is C16H13ClN2O. The van der Waals surface area contributed by atoms with Gasteiger partial charge < -0.3 is 10.5 Å². The van der Waals surface area contributed by atoms with Crippen LogP contribution in [0.4, 0.5) is 0 Å². The van der Waals surface area contributed by atoms with Crippen LogP contribution >= 0.6 is 11.6 Å². The monoisotopic (exact) mass is 284 g/mol. The first-order valence-electron chi connectivity index (χ1n) is 6.28. The third-order valence-electron chi connectivity index (χ3n) is 3.08. The molecule has 0 fully saturated rings. The molecule has 3 aromatic rings. The fraction of sp³-hybridized carbons (Fsp3) is 0.0625. The summed E-state index contributed by atoms with van der Waals surface area (Å²) in [7, 11) is 0. The summed E-state index contributed by atoms with van der Waals surface area (Å²) in [5, 5.41) is 1.58. The number of benzene rings is 2. The second-order valence-corrected chi connectivity index (χ2v) is 4.79. The lowest BCUT2D eigenvalue weighted by atomic mass is 10.2. The SMILES string of the molecule is NCc1ccc(Oc2cccc3ncccc23)cc1Cl. The van der Waals surface area contributed by atoms with Gasteiger partial charge in [0.15, 0.2) is 0 Å². The van der Waals surface area contributed by atoms with Crippen molar-refractivity contribution in [2.24, 2.45) is 5.73 Å².